The standard InChI is InChI=1S/C12H19N3O2/c1-8-11(9(2)17-15-8)7-14-12(16)5-6-13-10-3-4-10/h10,13H,3-7H2,1-2H3,(H,14,16). The molecule has 17 heavy (non-hydrogen) atoms. The van der Waals surface area contributed by atoms with E-state index < -0.39 is 0 Å². The van der Waals surface area contributed by atoms with Gasteiger partial charge in [-0.2, -0.15) is 0 Å². The van der Waals surface area contributed by atoms with E-state index in [0.717, 1.165) is 23.6 Å². The molecule has 0 spiro atoms. The lowest BCUT2D eigenvalue weighted by molar-refractivity contribution is -0.121. The Hall–Kier alpha value is -1.36. The summed E-state index contributed by atoms with van der Waals surface area (Å²) < 4.78 is 5.03. The highest BCUT2D eigenvalue weighted by molar-refractivity contribution is 5.76. The summed E-state index contributed by atoms with van der Waals surface area (Å²) in [6.07, 6.45) is 3.03. The number of aromatic nitrogens is 1. The normalized spacial score (nSPS) is 14.9. The number of carbonyl (C=O) groups excluding carboxylic acids is 1. The smallest absolute Gasteiger partial charge is 0.221 e. The van der Waals surface area contributed by atoms with Crippen LogP contribution in [0.5, 0.6) is 0 Å². The van der Waals surface area contributed by atoms with Crippen LogP contribution in [0.2, 0.25) is 0 Å². The first-order chi connectivity index (χ1) is 8.16. The van der Waals surface area contributed by atoms with Crippen LogP contribution in [0.1, 0.15) is 36.3 Å². The van der Waals surface area contributed by atoms with Crippen molar-refractivity contribution in [2.75, 3.05) is 6.54 Å². The maximum absolute atomic E-state index is 11.6. The van der Waals surface area contributed by atoms with E-state index >= 15 is 0 Å². The van der Waals surface area contributed by atoms with Gasteiger partial charge in [-0.15, -0.1) is 0 Å². The Balaban J connectivity index is 1.68. The van der Waals surface area contributed by atoms with Gasteiger partial charge in [-0.1, -0.05) is 5.16 Å². The minimum Gasteiger partial charge on any atom is -0.361 e. The Morgan fingerprint density at radius 1 is 1.47 bits per heavy atom. The van der Waals surface area contributed by atoms with E-state index in [2.05, 4.69) is 15.8 Å². The van der Waals surface area contributed by atoms with Crippen molar-refractivity contribution in [2.24, 2.45) is 0 Å². The second kappa shape index (κ2) is 5.31. The molecule has 0 atom stereocenters. The summed E-state index contributed by atoms with van der Waals surface area (Å²) in [6.45, 7) is 5.00. The fourth-order valence-corrected chi connectivity index (χ4v) is 1.71. The van der Waals surface area contributed by atoms with Crippen molar-refractivity contribution in [1.29, 1.82) is 0 Å². The molecule has 1 aromatic heterocycles. The minimum atomic E-state index is 0.0677. The lowest BCUT2D eigenvalue weighted by Crippen LogP contribution is -2.28. The Kier molecular flexibility index (Phi) is 3.78. The maximum Gasteiger partial charge on any atom is 0.221 e. The highest BCUT2D eigenvalue weighted by Gasteiger charge is 2.20. The molecule has 5 heteroatoms. The quantitative estimate of drug-likeness (QED) is 0.776. The van der Waals surface area contributed by atoms with Gasteiger partial charge < -0.3 is 15.2 Å². The topological polar surface area (TPSA) is 67.2 Å². The Morgan fingerprint density at radius 3 is 2.82 bits per heavy atom. The van der Waals surface area contributed by atoms with Gasteiger partial charge in [0, 0.05) is 31.1 Å². The Morgan fingerprint density at radius 2 is 2.24 bits per heavy atom. The molecule has 1 saturated carbocycles. The Labute approximate surface area is 101 Å². The molecule has 0 aliphatic heterocycles. The van der Waals surface area contributed by atoms with E-state index in [1.54, 1.807) is 0 Å². The summed E-state index contributed by atoms with van der Waals surface area (Å²) >= 11 is 0. The Bertz CT molecular complexity index is 377. The summed E-state index contributed by atoms with van der Waals surface area (Å²) in [4.78, 5) is 11.6. The van der Waals surface area contributed by atoms with Crippen LogP contribution >= 0.6 is 0 Å². The van der Waals surface area contributed by atoms with Crippen molar-refractivity contribution in [3.63, 3.8) is 0 Å². The molecule has 1 fully saturated rings. The SMILES string of the molecule is Cc1noc(C)c1CNC(=O)CCNC1CC1. The first-order valence-corrected chi connectivity index (χ1v) is 6.08. The van der Waals surface area contributed by atoms with Gasteiger partial charge in [0.05, 0.1) is 5.69 Å². The number of carbonyl (C=O) groups is 1. The predicted molar refractivity (Wildman–Crippen MR) is 63.5 cm³/mol. The molecule has 1 heterocycles. The van der Waals surface area contributed by atoms with Crippen LogP contribution in [-0.2, 0) is 11.3 Å². The second-order valence-corrected chi connectivity index (χ2v) is 4.56. The minimum absolute atomic E-state index is 0.0677. The monoisotopic (exact) mass is 237 g/mol. The van der Waals surface area contributed by atoms with Crippen LogP contribution in [0, 0.1) is 13.8 Å². The third-order valence-corrected chi connectivity index (χ3v) is 3.01. The fraction of sp³-hybridized carbons (Fsp3) is 0.667. The number of rotatable bonds is 6. The van der Waals surface area contributed by atoms with Crippen LogP contribution in [0.15, 0.2) is 4.52 Å². The first-order valence-electron chi connectivity index (χ1n) is 6.08. The molecule has 94 valence electrons. The van der Waals surface area contributed by atoms with E-state index in [0.29, 0.717) is 19.0 Å². The molecule has 0 unspecified atom stereocenters. The molecule has 0 aromatic carbocycles. The van der Waals surface area contributed by atoms with Crippen LogP contribution in [0.4, 0.5) is 0 Å². The average Bonchev–Trinajstić information content (AvgIpc) is 3.05. The van der Waals surface area contributed by atoms with E-state index in [4.69, 9.17) is 4.52 Å². The van der Waals surface area contributed by atoms with Crippen LogP contribution in [0.3, 0.4) is 0 Å². The summed E-state index contributed by atoms with van der Waals surface area (Å²) in [7, 11) is 0. The zero-order valence-electron chi connectivity index (χ0n) is 10.4. The van der Waals surface area contributed by atoms with Gasteiger partial charge in [0.15, 0.2) is 0 Å². The number of amides is 1. The highest BCUT2D eigenvalue weighted by atomic mass is 16.5. The van der Waals surface area contributed by atoms with Crippen LogP contribution in [0.25, 0.3) is 0 Å². The molecule has 1 aliphatic carbocycles. The van der Waals surface area contributed by atoms with Crippen molar-refractivity contribution < 1.29 is 9.32 Å². The van der Waals surface area contributed by atoms with Gasteiger partial charge in [-0.3, -0.25) is 4.79 Å². The van der Waals surface area contributed by atoms with E-state index in [-0.39, 0.29) is 5.91 Å². The van der Waals surface area contributed by atoms with Gasteiger partial charge in [-0.25, -0.2) is 0 Å². The number of aryl methyl sites for hydroxylation is 2. The number of nitrogens with zero attached hydrogens (tertiary/aromatic N) is 1. The molecule has 0 radical (unpaired) electrons. The molecule has 1 amide bonds. The lowest BCUT2D eigenvalue weighted by atomic mass is 10.2. The molecule has 0 bridgehead atoms. The summed E-state index contributed by atoms with van der Waals surface area (Å²) in [5, 5.41) is 10.0. The van der Waals surface area contributed by atoms with E-state index in [1.165, 1.54) is 12.8 Å². The molecule has 2 rings (SSSR count). The van der Waals surface area contributed by atoms with Crippen molar-refractivity contribution in [2.45, 2.75) is 45.7 Å². The third-order valence-electron chi connectivity index (χ3n) is 3.01. The first kappa shape index (κ1) is 12.1. The van der Waals surface area contributed by atoms with Gasteiger partial charge in [0.2, 0.25) is 5.91 Å². The van der Waals surface area contributed by atoms with Gasteiger partial charge >= 0.3 is 0 Å². The van der Waals surface area contributed by atoms with Crippen LogP contribution in [-0.4, -0.2) is 23.7 Å². The largest absolute Gasteiger partial charge is 0.361 e. The van der Waals surface area contributed by atoms with Crippen molar-refractivity contribution >= 4 is 5.91 Å². The second-order valence-electron chi connectivity index (χ2n) is 4.56. The summed E-state index contributed by atoms with van der Waals surface area (Å²) in [6, 6.07) is 0.658. The molecule has 0 saturated heterocycles. The summed E-state index contributed by atoms with van der Waals surface area (Å²) in [5.41, 5.74) is 1.83. The van der Waals surface area contributed by atoms with Gasteiger partial charge in [0.1, 0.15) is 5.76 Å². The molecule has 2 N–H and O–H groups in total. The fourth-order valence-electron chi connectivity index (χ4n) is 1.71. The average molecular weight is 237 g/mol. The van der Waals surface area contributed by atoms with E-state index in [1.807, 2.05) is 13.8 Å². The maximum atomic E-state index is 11.6. The number of hydrogen-bond donors (Lipinski definition) is 2. The zero-order valence-corrected chi connectivity index (χ0v) is 10.4. The van der Waals surface area contributed by atoms with Crippen LogP contribution < -0.4 is 10.6 Å². The van der Waals surface area contributed by atoms with Crippen molar-refractivity contribution in [1.82, 2.24) is 15.8 Å². The van der Waals surface area contributed by atoms with E-state index in [9.17, 15) is 4.79 Å². The number of nitrogens with one attached hydrogen (secondary N) is 2. The molecule has 5 nitrogen and oxygen atoms in total. The zero-order chi connectivity index (χ0) is 12.3. The third kappa shape index (κ3) is 3.56. The highest BCUT2D eigenvalue weighted by Crippen LogP contribution is 2.18. The summed E-state index contributed by atoms with van der Waals surface area (Å²) in [5.74, 6) is 0.844. The van der Waals surface area contributed by atoms with Gasteiger partial charge in [-0.05, 0) is 26.7 Å². The lowest BCUT2D eigenvalue weighted by Gasteiger charge is -2.05. The van der Waals surface area contributed by atoms with Crippen molar-refractivity contribution in [3.05, 3.63) is 17.0 Å². The molecule has 1 aliphatic rings. The molecule has 1 aromatic rings. The van der Waals surface area contributed by atoms with Crippen molar-refractivity contribution in [3.8, 4) is 0 Å². The predicted octanol–water partition coefficient (Wildman–Crippen LogP) is 1.05. The van der Waals surface area contributed by atoms with Gasteiger partial charge in [0.25, 0.3) is 0 Å². The molecular formula is C12H19N3O2. The number of hydrogen-bond acceptors (Lipinski definition) is 4. The molecular weight excluding hydrogens is 218 g/mol.